The van der Waals surface area contributed by atoms with Crippen LogP contribution in [0, 0.1) is 0 Å². The molecule has 29 heavy (non-hydrogen) atoms. The zero-order valence-electron chi connectivity index (χ0n) is 16.0. The summed E-state index contributed by atoms with van der Waals surface area (Å²) in [4.78, 5) is 26.5. The van der Waals surface area contributed by atoms with Gasteiger partial charge >= 0.3 is 0 Å². The van der Waals surface area contributed by atoms with Crippen molar-refractivity contribution in [3.8, 4) is 0 Å². The van der Waals surface area contributed by atoms with Crippen molar-refractivity contribution in [2.24, 2.45) is 5.14 Å². The first kappa shape index (κ1) is 20.6. The van der Waals surface area contributed by atoms with Crippen LogP contribution in [0.4, 0.5) is 0 Å². The SMILES string of the molecule is CC(c1cccc(S(N)(=O)=O)c1)N(C)C(=O)CCn1nnc2ccccc2c1=O. The van der Waals surface area contributed by atoms with Crippen LogP contribution in [-0.4, -0.2) is 41.3 Å². The predicted molar refractivity (Wildman–Crippen MR) is 107 cm³/mol. The Kier molecular flexibility index (Phi) is 5.76. The Labute approximate surface area is 167 Å². The van der Waals surface area contributed by atoms with Gasteiger partial charge in [-0.1, -0.05) is 29.5 Å². The van der Waals surface area contributed by atoms with Crippen LogP contribution in [0.2, 0.25) is 0 Å². The van der Waals surface area contributed by atoms with Crippen LogP contribution in [-0.2, 0) is 21.4 Å². The lowest BCUT2D eigenvalue weighted by atomic mass is 10.1. The molecule has 2 N–H and O–H groups in total. The lowest BCUT2D eigenvalue weighted by Crippen LogP contribution is -2.32. The molecule has 9 nitrogen and oxygen atoms in total. The Morgan fingerprint density at radius 2 is 1.93 bits per heavy atom. The van der Waals surface area contributed by atoms with Crippen molar-refractivity contribution in [3.05, 3.63) is 64.4 Å². The number of sulfonamides is 1. The van der Waals surface area contributed by atoms with Crippen molar-refractivity contribution in [2.45, 2.75) is 30.8 Å². The topological polar surface area (TPSA) is 128 Å². The average Bonchev–Trinajstić information content (AvgIpc) is 2.71. The molecule has 0 aliphatic heterocycles. The van der Waals surface area contributed by atoms with E-state index in [0.29, 0.717) is 16.5 Å². The second-order valence-electron chi connectivity index (χ2n) is 6.68. The number of carbonyl (C=O) groups is 1. The highest BCUT2D eigenvalue weighted by Gasteiger charge is 2.19. The molecule has 3 aromatic rings. The van der Waals surface area contributed by atoms with Crippen LogP contribution < -0.4 is 10.7 Å². The Balaban J connectivity index is 1.73. The van der Waals surface area contributed by atoms with Crippen LogP contribution in [0.1, 0.15) is 24.9 Å². The number of nitrogens with two attached hydrogens (primary N) is 1. The minimum absolute atomic E-state index is 0.0133. The number of amides is 1. The molecule has 152 valence electrons. The van der Waals surface area contributed by atoms with Crippen LogP contribution in [0.25, 0.3) is 10.9 Å². The van der Waals surface area contributed by atoms with Gasteiger partial charge in [-0.2, -0.15) is 0 Å². The number of aromatic nitrogens is 3. The monoisotopic (exact) mass is 415 g/mol. The van der Waals surface area contributed by atoms with Gasteiger partial charge in [0.05, 0.1) is 22.9 Å². The number of rotatable bonds is 6. The van der Waals surface area contributed by atoms with Gasteiger partial charge in [0, 0.05) is 13.5 Å². The lowest BCUT2D eigenvalue weighted by Gasteiger charge is -2.25. The maximum absolute atomic E-state index is 12.6. The van der Waals surface area contributed by atoms with E-state index in [4.69, 9.17) is 5.14 Å². The number of hydrogen-bond acceptors (Lipinski definition) is 6. The summed E-state index contributed by atoms with van der Waals surface area (Å²) in [5.74, 6) is -0.222. The van der Waals surface area contributed by atoms with E-state index in [1.807, 2.05) is 0 Å². The molecule has 1 unspecified atom stereocenters. The Morgan fingerprint density at radius 1 is 1.21 bits per heavy atom. The molecule has 1 heterocycles. The Morgan fingerprint density at radius 3 is 2.66 bits per heavy atom. The lowest BCUT2D eigenvalue weighted by molar-refractivity contribution is -0.132. The van der Waals surface area contributed by atoms with Crippen molar-refractivity contribution in [3.63, 3.8) is 0 Å². The van der Waals surface area contributed by atoms with Gasteiger partial charge in [-0.05, 0) is 36.8 Å². The third-order valence-electron chi connectivity index (χ3n) is 4.81. The number of carbonyl (C=O) groups excluding carboxylic acids is 1. The van der Waals surface area contributed by atoms with Crippen LogP contribution in [0.5, 0.6) is 0 Å². The zero-order valence-corrected chi connectivity index (χ0v) is 16.8. The van der Waals surface area contributed by atoms with Crippen LogP contribution in [0.3, 0.4) is 0 Å². The summed E-state index contributed by atoms with van der Waals surface area (Å²) < 4.78 is 24.3. The van der Waals surface area contributed by atoms with Gasteiger partial charge in [-0.25, -0.2) is 18.2 Å². The van der Waals surface area contributed by atoms with E-state index in [9.17, 15) is 18.0 Å². The molecule has 0 fully saturated rings. The predicted octanol–water partition coefficient (Wildman–Crippen LogP) is 1.05. The maximum atomic E-state index is 12.6. The van der Waals surface area contributed by atoms with E-state index >= 15 is 0 Å². The van der Waals surface area contributed by atoms with Crippen molar-refractivity contribution < 1.29 is 13.2 Å². The molecule has 0 aliphatic carbocycles. The molecule has 0 saturated heterocycles. The first-order chi connectivity index (χ1) is 13.7. The van der Waals surface area contributed by atoms with Crippen LogP contribution >= 0.6 is 0 Å². The molecular weight excluding hydrogens is 394 g/mol. The summed E-state index contributed by atoms with van der Waals surface area (Å²) in [6, 6.07) is 12.6. The molecule has 10 heteroatoms. The van der Waals surface area contributed by atoms with Gasteiger partial charge in [-0.3, -0.25) is 9.59 Å². The second-order valence-corrected chi connectivity index (χ2v) is 8.24. The van der Waals surface area contributed by atoms with Gasteiger partial charge in [0.15, 0.2) is 0 Å². The van der Waals surface area contributed by atoms with Crippen molar-refractivity contribution in [2.75, 3.05) is 7.05 Å². The minimum Gasteiger partial charge on any atom is -0.339 e. The Bertz CT molecular complexity index is 1220. The number of nitrogens with zero attached hydrogens (tertiary/aromatic N) is 4. The molecule has 0 radical (unpaired) electrons. The highest BCUT2D eigenvalue weighted by atomic mass is 32.2. The van der Waals surface area contributed by atoms with Crippen molar-refractivity contribution in [1.82, 2.24) is 19.9 Å². The molecule has 3 rings (SSSR count). The number of hydrogen-bond donors (Lipinski definition) is 1. The van der Waals surface area contributed by atoms with E-state index in [1.165, 1.54) is 21.7 Å². The van der Waals surface area contributed by atoms with Crippen LogP contribution in [0.15, 0.2) is 58.2 Å². The quantitative estimate of drug-likeness (QED) is 0.641. The summed E-state index contributed by atoms with van der Waals surface area (Å²) in [6.45, 7) is 1.87. The molecule has 2 aromatic carbocycles. The fourth-order valence-electron chi connectivity index (χ4n) is 2.94. The normalized spacial score (nSPS) is 12.7. The summed E-state index contributed by atoms with van der Waals surface area (Å²) in [5.41, 5.74) is 0.829. The van der Waals surface area contributed by atoms with E-state index in [1.54, 1.807) is 50.4 Å². The number of fused-ring (bicyclic) bond motifs is 1. The van der Waals surface area contributed by atoms with Crippen molar-refractivity contribution >= 4 is 26.8 Å². The smallest absolute Gasteiger partial charge is 0.277 e. The average molecular weight is 415 g/mol. The number of primary sulfonamides is 1. The summed E-state index contributed by atoms with van der Waals surface area (Å²) in [7, 11) is -2.21. The molecule has 0 aliphatic rings. The summed E-state index contributed by atoms with van der Waals surface area (Å²) in [6.07, 6.45) is 0.0443. The van der Waals surface area contributed by atoms with E-state index in [2.05, 4.69) is 10.3 Å². The molecule has 1 aromatic heterocycles. The molecule has 0 spiro atoms. The first-order valence-electron chi connectivity index (χ1n) is 8.89. The molecule has 0 bridgehead atoms. The van der Waals surface area contributed by atoms with Gasteiger partial charge in [0.1, 0.15) is 5.52 Å². The highest BCUT2D eigenvalue weighted by molar-refractivity contribution is 7.89. The van der Waals surface area contributed by atoms with Gasteiger partial charge in [-0.15, -0.1) is 5.10 Å². The zero-order chi connectivity index (χ0) is 21.2. The van der Waals surface area contributed by atoms with E-state index in [0.717, 1.165) is 0 Å². The third kappa shape index (κ3) is 4.49. The second kappa shape index (κ2) is 8.10. The molecular formula is C19H21N5O4S. The molecule has 1 amide bonds. The maximum Gasteiger partial charge on any atom is 0.277 e. The van der Waals surface area contributed by atoms with E-state index in [-0.39, 0.29) is 35.4 Å². The summed E-state index contributed by atoms with van der Waals surface area (Å²) in [5, 5.41) is 13.5. The van der Waals surface area contributed by atoms with Gasteiger partial charge < -0.3 is 4.90 Å². The Hall–Kier alpha value is -3.11. The van der Waals surface area contributed by atoms with Gasteiger partial charge in [0.2, 0.25) is 15.9 Å². The first-order valence-corrected chi connectivity index (χ1v) is 10.4. The standard InChI is InChI=1S/C19H21N5O4S/c1-13(14-6-5-7-15(12-14)29(20,27)28)23(2)18(25)10-11-24-19(26)16-8-3-4-9-17(16)21-22-24/h3-9,12-13H,10-11H2,1-2H3,(H2,20,27,28). The molecule has 0 saturated carbocycles. The number of benzene rings is 2. The van der Waals surface area contributed by atoms with E-state index < -0.39 is 10.0 Å². The largest absolute Gasteiger partial charge is 0.339 e. The number of aryl methyl sites for hydroxylation is 1. The van der Waals surface area contributed by atoms with Gasteiger partial charge in [0.25, 0.3) is 5.56 Å². The third-order valence-corrected chi connectivity index (χ3v) is 5.72. The highest BCUT2D eigenvalue weighted by Crippen LogP contribution is 2.22. The fraction of sp³-hybridized carbons (Fsp3) is 0.263. The minimum atomic E-state index is -3.83. The fourth-order valence-corrected chi connectivity index (χ4v) is 3.51. The summed E-state index contributed by atoms with van der Waals surface area (Å²) >= 11 is 0. The van der Waals surface area contributed by atoms with Crippen molar-refractivity contribution in [1.29, 1.82) is 0 Å². The molecule has 1 atom stereocenters.